The Hall–Kier alpha value is -3.93. The Morgan fingerprint density at radius 2 is 1.62 bits per heavy atom. The van der Waals surface area contributed by atoms with Gasteiger partial charge in [0.1, 0.15) is 0 Å². The number of hydrogen-bond donors (Lipinski definition) is 0. The molecule has 2 aromatic rings. The van der Waals surface area contributed by atoms with Crippen molar-refractivity contribution in [3.8, 4) is 11.1 Å². The van der Waals surface area contributed by atoms with Gasteiger partial charge in [-0.3, -0.25) is 14.9 Å². The minimum absolute atomic E-state index is 0.0494. The van der Waals surface area contributed by atoms with Crippen molar-refractivity contribution < 1.29 is 14.5 Å². The van der Waals surface area contributed by atoms with Gasteiger partial charge in [-0.15, -0.1) is 0 Å². The van der Waals surface area contributed by atoms with E-state index in [-0.39, 0.29) is 22.8 Å². The van der Waals surface area contributed by atoms with E-state index in [0.717, 1.165) is 34.2 Å². The average molecular weight is 386 g/mol. The zero-order valence-corrected chi connectivity index (χ0v) is 16.0. The number of methoxy groups -OCH3 is 1. The summed E-state index contributed by atoms with van der Waals surface area (Å²) in [4.78, 5) is 25.3. The summed E-state index contributed by atoms with van der Waals surface area (Å²) in [7, 11) is 3.28. The number of hydrogen-bond acceptors (Lipinski definition) is 5. The van der Waals surface area contributed by atoms with Crippen LogP contribution in [-0.4, -0.2) is 24.9 Å². The first kappa shape index (κ1) is 18.4. The Balaban J connectivity index is 1.84. The number of ketones is 1. The van der Waals surface area contributed by atoms with Gasteiger partial charge in [-0.2, -0.15) is 0 Å². The van der Waals surface area contributed by atoms with Crippen molar-refractivity contribution in [2.75, 3.05) is 19.1 Å². The molecule has 0 saturated heterocycles. The second kappa shape index (κ2) is 7.24. The van der Waals surface area contributed by atoms with Crippen LogP contribution in [-0.2, 0) is 9.53 Å². The highest BCUT2D eigenvalue weighted by Gasteiger charge is 2.26. The molecule has 2 aromatic carbocycles. The third kappa shape index (κ3) is 3.14. The summed E-state index contributed by atoms with van der Waals surface area (Å²) in [6.07, 6.45) is 5.83. The number of benzene rings is 2. The number of ether oxygens (including phenoxy) is 1. The van der Waals surface area contributed by atoms with E-state index in [9.17, 15) is 14.9 Å². The molecule has 0 fully saturated rings. The standard InChI is InChI=1S/C23H18N2O4/c1-24-20-10-6-5-9-18(20)17-7-3-4-8-19(17)21(24)12-11-15-13-16(25(27)28)14-22(29-2)23(15)26/h3-14H,1-2H3. The molecule has 144 valence electrons. The number of nitro groups is 1. The quantitative estimate of drug-likeness (QED) is 0.446. The highest BCUT2D eigenvalue weighted by molar-refractivity contribution is 6.10. The maximum atomic E-state index is 12.6. The van der Waals surface area contributed by atoms with Crippen LogP contribution < -0.4 is 4.90 Å². The Morgan fingerprint density at radius 3 is 2.31 bits per heavy atom. The van der Waals surface area contributed by atoms with Crippen molar-refractivity contribution in [1.29, 1.82) is 0 Å². The van der Waals surface area contributed by atoms with E-state index in [1.54, 1.807) is 6.08 Å². The zero-order valence-electron chi connectivity index (χ0n) is 16.0. The summed E-state index contributed by atoms with van der Waals surface area (Å²) in [5.74, 6) is -0.436. The molecule has 6 heteroatoms. The second-order valence-corrected chi connectivity index (χ2v) is 6.66. The number of anilines is 1. The number of nitrogens with zero attached hydrogens (tertiary/aromatic N) is 2. The van der Waals surface area contributed by atoms with Crippen LogP contribution in [0.15, 0.2) is 89.9 Å². The van der Waals surface area contributed by atoms with Crippen molar-refractivity contribution in [2.24, 2.45) is 0 Å². The molecule has 2 aliphatic rings. The molecule has 0 radical (unpaired) electrons. The first-order valence-corrected chi connectivity index (χ1v) is 9.02. The van der Waals surface area contributed by atoms with Crippen LogP contribution in [0.2, 0.25) is 0 Å². The summed E-state index contributed by atoms with van der Waals surface area (Å²) in [5, 5.41) is 11.2. The molecule has 0 atom stereocenters. The van der Waals surface area contributed by atoms with Crippen molar-refractivity contribution in [1.82, 2.24) is 0 Å². The molecule has 0 aromatic heterocycles. The highest BCUT2D eigenvalue weighted by atomic mass is 16.6. The predicted molar refractivity (Wildman–Crippen MR) is 112 cm³/mol. The number of para-hydroxylation sites is 1. The molecule has 6 nitrogen and oxygen atoms in total. The first-order chi connectivity index (χ1) is 14.0. The second-order valence-electron chi connectivity index (χ2n) is 6.66. The van der Waals surface area contributed by atoms with Crippen molar-refractivity contribution in [3.05, 3.63) is 106 Å². The lowest BCUT2D eigenvalue weighted by atomic mass is 9.91. The third-order valence-corrected chi connectivity index (χ3v) is 5.04. The van der Waals surface area contributed by atoms with Gasteiger partial charge in [-0.25, -0.2) is 0 Å². The fourth-order valence-electron chi connectivity index (χ4n) is 3.61. The fraction of sp³-hybridized carbons (Fsp3) is 0.0870. The number of carbonyl (C=O) groups excluding carboxylic acids is 1. The van der Waals surface area contributed by atoms with Gasteiger partial charge < -0.3 is 9.64 Å². The molecule has 0 N–H and O–H groups in total. The van der Waals surface area contributed by atoms with Crippen molar-refractivity contribution in [3.63, 3.8) is 0 Å². The van der Waals surface area contributed by atoms with Gasteiger partial charge in [-0.1, -0.05) is 42.5 Å². The molecule has 1 aliphatic heterocycles. The van der Waals surface area contributed by atoms with E-state index in [2.05, 4.69) is 12.1 Å². The normalized spacial score (nSPS) is 18.1. The molecule has 0 spiro atoms. The summed E-state index contributed by atoms with van der Waals surface area (Å²) < 4.78 is 5.02. The van der Waals surface area contributed by atoms with Gasteiger partial charge in [0.15, 0.2) is 5.76 Å². The molecular formula is C23H18N2O4. The maximum absolute atomic E-state index is 12.6. The van der Waals surface area contributed by atoms with Gasteiger partial charge in [0.05, 0.1) is 18.1 Å². The van der Waals surface area contributed by atoms with Crippen LogP contribution in [0.5, 0.6) is 0 Å². The van der Waals surface area contributed by atoms with Crippen molar-refractivity contribution in [2.45, 2.75) is 0 Å². The van der Waals surface area contributed by atoms with Crippen molar-refractivity contribution >= 4 is 17.2 Å². The van der Waals surface area contributed by atoms with Gasteiger partial charge >= 0.3 is 0 Å². The highest BCUT2D eigenvalue weighted by Crippen LogP contribution is 2.43. The van der Waals surface area contributed by atoms with Gasteiger partial charge in [0.2, 0.25) is 5.78 Å². The molecule has 0 saturated carbocycles. The molecular weight excluding hydrogens is 368 g/mol. The van der Waals surface area contributed by atoms with E-state index in [1.165, 1.54) is 13.2 Å². The predicted octanol–water partition coefficient (Wildman–Crippen LogP) is 4.34. The topological polar surface area (TPSA) is 72.7 Å². The van der Waals surface area contributed by atoms with Gasteiger partial charge in [-0.05, 0) is 23.8 Å². The average Bonchev–Trinajstić information content (AvgIpc) is 2.74. The van der Waals surface area contributed by atoms with Crippen LogP contribution >= 0.6 is 0 Å². The SMILES string of the molecule is COC1=CC([N+](=O)[O-])=CC(=CC=C2c3ccccc3-c3ccccc3N2C)C1=O. The van der Waals surface area contributed by atoms with Crippen LogP contribution in [0, 0.1) is 10.1 Å². The van der Waals surface area contributed by atoms with Crippen LogP contribution in [0.3, 0.4) is 0 Å². The van der Waals surface area contributed by atoms with E-state index >= 15 is 0 Å². The largest absolute Gasteiger partial charge is 0.492 e. The summed E-state index contributed by atoms with van der Waals surface area (Å²) >= 11 is 0. The molecule has 4 rings (SSSR count). The van der Waals surface area contributed by atoms with Crippen LogP contribution in [0.25, 0.3) is 16.8 Å². The van der Waals surface area contributed by atoms with E-state index in [0.29, 0.717) is 0 Å². The third-order valence-electron chi connectivity index (χ3n) is 5.04. The minimum atomic E-state index is -0.537. The van der Waals surface area contributed by atoms with E-state index in [1.807, 2.05) is 54.4 Å². The number of Topliss-reactive ketones (excluding diaryl/α,β-unsaturated/α-hetero) is 1. The Bertz CT molecular complexity index is 1150. The molecule has 1 aliphatic carbocycles. The molecule has 0 unspecified atom stereocenters. The summed E-state index contributed by atoms with van der Waals surface area (Å²) in [6.45, 7) is 0. The minimum Gasteiger partial charge on any atom is -0.492 e. The summed E-state index contributed by atoms with van der Waals surface area (Å²) in [6, 6.07) is 16.1. The van der Waals surface area contributed by atoms with Crippen LogP contribution in [0.4, 0.5) is 5.69 Å². The molecule has 29 heavy (non-hydrogen) atoms. The maximum Gasteiger partial charge on any atom is 0.274 e. The number of fused-ring (bicyclic) bond motifs is 3. The first-order valence-electron chi connectivity index (χ1n) is 9.02. The fourth-order valence-corrected chi connectivity index (χ4v) is 3.61. The number of rotatable bonds is 3. The lowest BCUT2D eigenvalue weighted by Crippen LogP contribution is -2.20. The Kier molecular flexibility index (Phi) is 4.60. The lowest BCUT2D eigenvalue weighted by molar-refractivity contribution is -0.419. The molecule has 0 bridgehead atoms. The number of allylic oxidation sites excluding steroid dienone is 5. The van der Waals surface area contributed by atoms with Gasteiger partial charge in [0, 0.05) is 41.2 Å². The molecule has 0 amide bonds. The smallest absolute Gasteiger partial charge is 0.274 e. The monoisotopic (exact) mass is 386 g/mol. The van der Waals surface area contributed by atoms with E-state index in [4.69, 9.17) is 4.74 Å². The van der Waals surface area contributed by atoms with Gasteiger partial charge in [0.25, 0.3) is 5.70 Å². The lowest BCUT2D eigenvalue weighted by Gasteiger charge is -2.32. The zero-order chi connectivity index (χ0) is 20.5. The molecule has 1 heterocycles. The Morgan fingerprint density at radius 1 is 0.966 bits per heavy atom. The van der Waals surface area contributed by atoms with Crippen LogP contribution in [0.1, 0.15) is 5.56 Å². The summed E-state index contributed by atoms with van der Waals surface area (Å²) in [5.41, 5.74) is 5.20. The Labute approximate surface area is 167 Å². The van der Waals surface area contributed by atoms with E-state index < -0.39 is 4.92 Å². The number of carbonyl (C=O) groups is 1.